The fraction of sp³-hybridized carbons (Fsp3) is 0.286. The average molecular weight is 289 g/mol. The second-order valence-corrected chi connectivity index (χ2v) is 6.62. The number of nitrogens with two attached hydrogens (primary N) is 1. The van der Waals surface area contributed by atoms with Crippen LogP contribution in [0.15, 0.2) is 40.4 Å². The van der Waals surface area contributed by atoms with Crippen LogP contribution < -0.4 is 5.73 Å². The molecule has 19 heavy (non-hydrogen) atoms. The molecule has 2 N–H and O–H groups in total. The van der Waals surface area contributed by atoms with Gasteiger partial charge in [-0.25, -0.2) is 9.97 Å². The second-order valence-electron chi connectivity index (χ2n) is 4.57. The summed E-state index contributed by atoms with van der Waals surface area (Å²) in [5, 5.41) is 0.784. The molecule has 0 saturated heterocycles. The molecule has 1 aromatic carbocycles. The maximum Gasteiger partial charge on any atom is 0.189 e. The summed E-state index contributed by atoms with van der Waals surface area (Å²) in [7, 11) is 0. The van der Waals surface area contributed by atoms with Crippen molar-refractivity contribution in [2.24, 2.45) is 0 Å². The van der Waals surface area contributed by atoms with Crippen molar-refractivity contribution >= 4 is 29.3 Å². The molecule has 0 aliphatic carbocycles. The van der Waals surface area contributed by atoms with Gasteiger partial charge >= 0.3 is 0 Å². The molecule has 98 valence electrons. The van der Waals surface area contributed by atoms with Gasteiger partial charge in [-0.1, -0.05) is 30.0 Å². The van der Waals surface area contributed by atoms with Crippen molar-refractivity contribution in [3.63, 3.8) is 0 Å². The molecule has 3 nitrogen and oxygen atoms in total. The second kappa shape index (κ2) is 5.43. The van der Waals surface area contributed by atoms with E-state index in [9.17, 15) is 0 Å². The Morgan fingerprint density at radius 2 is 2.21 bits per heavy atom. The highest BCUT2D eigenvalue weighted by atomic mass is 32.2. The molecule has 3 rings (SSSR count). The number of benzene rings is 1. The number of aryl methyl sites for hydroxylation is 1. The molecule has 1 atom stereocenters. The first-order valence-electron chi connectivity index (χ1n) is 6.18. The van der Waals surface area contributed by atoms with E-state index in [0.717, 1.165) is 22.4 Å². The normalized spacial score (nSPS) is 17.4. The van der Waals surface area contributed by atoms with Crippen molar-refractivity contribution in [2.45, 2.75) is 22.9 Å². The molecule has 2 aromatic rings. The van der Waals surface area contributed by atoms with Crippen LogP contribution in [0, 0.1) is 6.92 Å². The summed E-state index contributed by atoms with van der Waals surface area (Å²) in [6.07, 6.45) is 0. The fourth-order valence-corrected chi connectivity index (χ4v) is 4.60. The first-order chi connectivity index (χ1) is 9.22. The van der Waals surface area contributed by atoms with Crippen LogP contribution >= 0.6 is 23.5 Å². The Morgan fingerprint density at radius 3 is 3.05 bits per heavy atom. The van der Waals surface area contributed by atoms with Crippen molar-refractivity contribution < 1.29 is 0 Å². The van der Waals surface area contributed by atoms with E-state index in [1.807, 2.05) is 18.7 Å². The molecule has 0 saturated carbocycles. The van der Waals surface area contributed by atoms with E-state index in [1.165, 1.54) is 10.5 Å². The number of fused-ring (bicyclic) bond motifs is 1. The van der Waals surface area contributed by atoms with Crippen LogP contribution in [0.3, 0.4) is 0 Å². The molecular formula is C14H15N3S2. The van der Waals surface area contributed by atoms with E-state index >= 15 is 0 Å². The van der Waals surface area contributed by atoms with Crippen molar-refractivity contribution in [1.29, 1.82) is 0 Å². The summed E-state index contributed by atoms with van der Waals surface area (Å²) in [5.41, 5.74) is 8.14. The first-order valence-corrected chi connectivity index (χ1v) is 8.15. The van der Waals surface area contributed by atoms with Crippen molar-refractivity contribution in [1.82, 2.24) is 9.97 Å². The van der Waals surface area contributed by atoms with E-state index in [2.05, 4.69) is 34.2 Å². The zero-order valence-corrected chi connectivity index (χ0v) is 12.3. The topological polar surface area (TPSA) is 51.8 Å². The van der Waals surface area contributed by atoms with Gasteiger partial charge in [-0.05, 0) is 18.6 Å². The smallest absolute Gasteiger partial charge is 0.189 e. The lowest BCUT2D eigenvalue weighted by Crippen LogP contribution is -2.02. The first kappa shape index (κ1) is 12.8. The van der Waals surface area contributed by atoms with Crippen molar-refractivity contribution in [2.75, 3.05) is 17.2 Å². The maximum absolute atomic E-state index is 5.75. The zero-order chi connectivity index (χ0) is 13.2. The van der Waals surface area contributed by atoms with Gasteiger partial charge in [0.1, 0.15) is 5.82 Å². The van der Waals surface area contributed by atoms with Gasteiger partial charge in [0, 0.05) is 34.1 Å². The average Bonchev–Trinajstić information content (AvgIpc) is 2.78. The van der Waals surface area contributed by atoms with Gasteiger partial charge in [-0.15, -0.1) is 11.8 Å². The molecule has 0 bridgehead atoms. The van der Waals surface area contributed by atoms with E-state index in [-0.39, 0.29) is 0 Å². The number of hydrogen-bond donors (Lipinski definition) is 1. The predicted octanol–water partition coefficient (Wildman–Crippen LogP) is 3.35. The molecule has 0 fully saturated rings. The lowest BCUT2D eigenvalue weighted by Gasteiger charge is -2.09. The molecular weight excluding hydrogens is 274 g/mol. The van der Waals surface area contributed by atoms with Gasteiger partial charge in [0.05, 0.1) is 0 Å². The fourth-order valence-electron chi connectivity index (χ4n) is 2.17. The third-order valence-corrected chi connectivity index (χ3v) is 5.33. The summed E-state index contributed by atoms with van der Waals surface area (Å²) in [4.78, 5) is 10.1. The Morgan fingerprint density at radius 1 is 1.37 bits per heavy atom. The quantitative estimate of drug-likeness (QED) is 0.693. The predicted molar refractivity (Wildman–Crippen MR) is 81.8 cm³/mol. The van der Waals surface area contributed by atoms with Gasteiger partial charge in [-0.2, -0.15) is 0 Å². The number of aromatic nitrogens is 2. The Kier molecular flexibility index (Phi) is 3.66. The summed E-state index contributed by atoms with van der Waals surface area (Å²) in [6, 6.07) is 10.4. The van der Waals surface area contributed by atoms with E-state index in [1.54, 1.807) is 17.8 Å². The minimum Gasteiger partial charge on any atom is -0.384 e. The Balaban J connectivity index is 1.70. The third-order valence-electron chi connectivity index (χ3n) is 3.07. The van der Waals surface area contributed by atoms with Crippen LogP contribution in [-0.2, 0) is 0 Å². The molecule has 0 spiro atoms. The number of hydrogen-bond acceptors (Lipinski definition) is 5. The molecule has 1 aromatic heterocycles. The van der Waals surface area contributed by atoms with Gasteiger partial charge < -0.3 is 5.73 Å². The highest BCUT2D eigenvalue weighted by Crippen LogP contribution is 2.41. The molecule has 2 heterocycles. The van der Waals surface area contributed by atoms with E-state index in [4.69, 9.17) is 5.73 Å². The highest BCUT2D eigenvalue weighted by molar-refractivity contribution is 8.00. The van der Waals surface area contributed by atoms with Crippen molar-refractivity contribution in [3.8, 4) is 0 Å². The Labute approximate surface area is 121 Å². The number of nitrogens with zero attached hydrogens (tertiary/aromatic N) is 2. The van der Waals surface area contributed by atoms with Gasteiger partial charge in [0.15, 0.2) is 5.16 Å². The lowest BCUT2D eigenvalue weighted by molar-refractivity contribution is 0.882. The molecule has 0 radical (unpaired) electrons. The SMILES string of the molecule is Cc1cc(N)nc(SCC2CSc3ccccc32)n1. The summed E-state index contributed by atoms with van der Waals surface area (Å²) in [5.74, 6) is 3.29. The molecule has 1 aliphatic heterocycles. The summed E-state index contributed by atoms with van der Waals surface area (Å²) < 4.78 is 0. The van der Waals surface area contributed by atoms with Crippen LogP contribution in [0.5, 0.6) is 0 Å². The van der Waals surface area contributed by atoms with Crippen molar-refractivity contribution in [3.05, 3.63) is 41.6 Å². The minimum atomic E-state index is 0.552. The molecule has 5 heteroatoms. The number of rotatable bonds is 3. The van der Waals surface area contributed by atoms with E-state index in [0.29, 0.717) is 11.7 Å². The molecule has 1 aliphatic rings. The largest absolute Gasteiger partial charge is 0.384 e. The Hall–Kier alpha value is -1.20. The van der Waals surface area contributed by atoms with Gasteiger partial charge in [0.2, 0.25) is 0 Å². The molecule has 1 unspecified atom stereocenters. The Bertz CT molecular complexity index is 581. The van der Waals surface area contributed by atoms with Crippen LogP contribution in [0.25, 0.3) is 0 Å². The van der Waals surface area contributed by atoms with Gasteiger partial charge in [-0.3, -0.25) is 0 Å². The zero-order valence-electron chi connectivity index (χ0n) is 10.7. The lowest BCUT2D eigenvalue weighted by atomic mass is 10.0. The monoisotopic (exact) mass is 289 g/mol. The maximum atomic E-state index is 5.75. The van der Waals surface area contributed by atoms with Gasteiger partial charge in [0.25, 0.3) is 0 Å². The minimum absolute atomic E-state index is 0.552. The number of anilines is 1. The van der Waals surface area contributed by atoms with Crippen LogP contribution in [-0.4, -0.2) is 21.5 Å². The van der Waals surface area contributed by atoms with Crippen LogP contribution in [0.4, 0.5) is 5.82 Å². The number of nitrogen functional groups attached to an aromatic ring is 1. The third kappa shape index (κ3) is 2.87. The summed E-state index contributed by atoms with van der Waals surface area (Å²) in [6.45, 7) is 1.95. The highest BCUT2D eigenvalue weighted by Gasteiger charge is 2.22. The standard InChI is InChI=1S/C14H15N3S2/c1-9-6-13(15)17-14(16-9)19-8-10-7-18-12-5-3-2-4-11(10)12/h2-6,10H,7-8H2,1H3,(H2,15,16,17). The van der Waals surface area contributed by atoms with Crippen LogP contribution in [0.1, 0.15) is 17.2 Å². The van der Waals surface area contributed by atoms with E-state index < -0.39 is 0 Å². The molecule has 0 amide bonds. The van der Waals surface area contributed by atoms with Crippen LogP contribution in [0.2, 0.25) is 0 Å². The summed E-state index contributed by atoms with van der Waals surface area (Å²) >= 11 is 3.63. The number of thioether (sulfide) groups is 2.